The van der Waals surface area contributed by atoms with E-state index in [2.05, 4.69) is 11.9 Å². The molecule has 1 atom stereocenters. The standard InChI is InChI=1S/C23H25N3O3S3/c1-3-4-13-32(27)23-20(24)19-17(15-5-7-16(8-6-15)29-11-10-28-2)14-18(26-22(19)31-23)21-25-9-12-30-21/h5-9,12,14H,3-4,10-11,13,24H2,1-2H3. The van der Waals surface area contributed by atoms with Crippen LogP contribution in [0.2, 0.25) is 0 Å². The monoisotopic (exact) mass is 487 g/mol. The van der Waals surface area contributed by atoms with Gasteiger partial charge in [-0.25, -0.2) is 9.97 Å². The third kappa shape index (κ3) is 4.85. The summed E-state index contributed by atoms with van der Waals surface area (Å²) < 4.78 is 24.3. The van der Waals surface area contributed by atoms with E-state index in [1.807, 2.05) is 35.7 Å². The molecule has 32 heavy (non-hydrogen) atoms. The molecule has 0 bridgehead atoms. The number of thiazole rings is 1. The van der Waals surface area contributed by atoms with Crippen molar-refractivity contribution in [3.63, 3.8) is 0 Å². The van der Waals surface area contributed by atoms with Gasteiger partial charge in [0.05, 0.1) is 23.1 Å². The minimum absolute atomic E-state index is 0.494. The number of hydrogen-bond acceptors (Lipinski definition) is 8. The maximum Gasteiger partial charge on any atom is 0.141 e. The molecule has 0 saturated carbocycles. The molecule has 0 radical (unpaired) electrons. The van der Waals surface area contributed by atoms with E-state index < -0.39 is 10.8 Å². The van der Waals surface area contributed by atoms with Crippen LogP contribution in [0, 0.1) is 0 Å². The first-order valence-corrected chi connectivity index (χ1v) is 13.4. The van der Waals surface area contributed by atoms with Crippen LogP contribution in [0.1, 0.15) is 19.8 Å². The number of nitrogen functional groups attached to an aromatic ring is 1. The molecule has 0 fully saturated rings. The zero-order chi connectivity index (χ0) is 22.5. The number of rotatable bonds is 10. The number of benzene rings is 1. The summed E-state index contributed by atoms with van der Waals surface area (Å²) in [4.78, 5) is 10.0. The van der Waals surface area contributed by atoms with Crippen LogP contribution in [0.15, 0.2) is 46.1 Å². The van der Waals surface area contributed by atoms with Gasteiger partial charge in [0.1, 0.15) is 32.1 Å². The molecular weight excluding hydrogens is 462 g/mol. The van der Waals surface area contributed by atoms with Gasteiger partial charge in [0.25, 0.3) is 0 Å². The molecule has 4 aromatic rings. The van der Waals surface area contributed by atoms with Crippen molar-refractivity contribution in [1.29, 1.82) is 0 Å². The number of hydrogen-bond donors (Lipinski definition) is 1. The lowest BCUT2D eigenvalue weighted by atomic mass is 10.0. The second-order valence-electron chi connectivity index (χ2n) is 7.14. The van der Waals surface area contributed by atoms with Crippen molar-refractivity contribution in [2.24, 2.45) is 0 Å². The molecule has 3 heterocycles. The maximum atomic E-state index is 12.9. The molecule has 1 aromatic carbocycles. The average Bonchev–Trinajstić information content (AvgIpc) is 3.46. The van der Waals surface area contributed by atoms with E-state index in [0.717, 1.165) is 50.6 Å². The first kappa shape index (κ1) is 22.8. The van der Waals surface area contributed by atoms with E-state index >= 15 is 0 Å². The van der Waals surface area contributed by atoms with Crippen LogP contribution < -0.4 is 10.5 Å². The number of unbranched alkanes of at least 4 members (excludes halogenated alkanes) is 1. The smallest absolute Gasteiger partial charge is 0.141 e. The summed E-state index contributed by atoms with van der Waals surface area (Å²) in [7, 11) is 0.513. The molecule has 9 heteroatoms. The first-order chi connectivity index (χ1) is 15.6. The molecule has 6 nitrogen and oxygen atoms in total. The number of nitrogens with zero attached hydrogens (tertiary/aromatic N) is 2. The molecule has 1 unspecified atom stereocenters. The fourth-order valence-corrected chi connectivity index (χ4v) is 6.69. The molecule has 0 saturated heterocycles. The predicted molar refractivity (Wildman–Crippen MR) is 134 cm³/mol. The maximum absolute atomic E-state index is 12.9. The Morgan fingerprint density at radius 1 is 1.19 bits per heavy atom. The van der Waals surface area contributed by atoms with Crippen molar-refractivity contribution in [2.75, 3.05) is 31.8 Å². The van der Waals surface area contributed by atoms with Gasteiger partial charge in [-0.2, -0.15) is 0 Å². The van der Waals surface area contributed by atoms with Crippen LogP contribution in [-0.4, -0.2) is 40.3 Å². The highest BCUT2D eigenvalue weighted by Crippen LogP contribution is 2.43. The molecule has 0 aliphatic heterocycles. The van der Waals surface area contributed by atoms with E-state index in [0.29, 0.717) is 28.9 Å². The number of fused-ring (bicyclic) bond motifs is 1. The van der Waals surface area contributed by atoms with Crippen molar-refractivity contribution < 1.29 is 13.7 Å². The number of thiophene rings is 1. The Bertz CT molecular complexity index is 1200. The lowest BCUT2D eigenvalue weighted by Crippen LogP contribution is -2.03. The zero-order valence-corrected chi connectivity index (χ0v) is 20.4. The number of nitrogens with two attached hydrogens (primary N) is 1. The van der Waals surface area contributed by atoms with Gasteiger partial charge < -0.3 is 15.2 Å². The van der Waals surface area contributed by atoms with E-state index in [4.69, 9.17) is 20.2 Å². The van der Waals surface area contributed by atoms with Crippen molar-refractivity contribution >= 4 is 49.4 Å². The van der Waals surface area contributed by atoms with E-state index in [1.165, 1.54) is 22.7 Å². The fourth-order valence-electron chi connectivity index (χ4n) is 3.30. The van der Waals surface area contributed by atoms with Crippen molar-refractivity contribution in [3.05, 3.63) is 41.9 Å². The van der Waals surface area contributed by atoms with E-state index in [9.17, 15) is 4.21 Å². The van der Waals surface area contributed by atoms with Gasteiger partial charge in [-0.3, -0.25) is 4.21 Å². The summed E-state index contributed by atoms with van der Waals surface area (Å²) in [6.45, 7) is 3.12. The summed E-state index contributed by atoms with van der Waals surface area (Å²) in [5.41, 5.74) is 9.85. The highest BCUT2D eigenvalue weighted by atomic mass is 32.2. The Morgan fingerprint density at radius 2 is 2.00 bits per heavy atom. The van der Waals surface area contributed by atoms with Gasteiger partial charge in [0.2, 0.25) is 0 Å². The minimum atomic E-state index is -1.14. The largest absolute Gasteiger partial charge is 0.491 e. The third-order valence-electron chi connectivity index (χ3n) is 4.93. The van der Waals surface area contributed by atoms with Crippen molar-refractivity contribution in [2.45, 2.75) is 24.0 Å². The van der Waals surface area contributed by atoms with Crippen LogP contribution in [0.3, 0.4) is 0 Å². The summed E-state index contributed by atoms with van der Waals surface area (Å²) >= 11 is 2.96. The van der Waals surface area contributed by atoms with Crippen molar-refractivity contribution in [3.8, 4) is 27.6 Å². The Hall–Kier alpha value is -2.33. The minimum Gasteiger partial charge on any atom is -0.491 e. The lowest BCUT2D eigenvalue weighted by Gasteiger charge is -2.10. The second kappa shape index (κ2) is 10.5. The molecule has 4 rings (SSSR count). The number of methoxy groups -OCH3 is 1. The molecule has 168 valence electrons. The fraction of sp³-hybridized carbons (Fsp3) is 0.304. The van der Waals surface area contributed by atoms with Crippen LogP contribution >= 0.6 is 22.7 Å². The number of ether oxygens (including phenoxy) is 2. The van der Waals surface area contributed by atoms with Gasteiger partial charge in [-0.1, -0.05) is 25.5 Å². The SMILES string of the molecule is CCCCS(=O)c1sc2nc(-c3nccs3)cc(-c3ccc(OCCOC)cc3)c2c1N. The Morgan fingerprint density at radius 3 is 2.69 bits per heavy atom. The molecular formula is C23H25N3O3S3. The highest BCUT2D eigenvalue weighted by molar-refractivity contribution is 7.87. The van der Waals surface area contributed by atoms with Crippen LogP contribution in [0.5, 0.6) is 5.75 Å². The van der Waals surface area contributed by atoms with Gasteiger partial charge >= 0.3 is 0 Å². The summed E-state index contributed by atoms with van der Waals surface area (Å²) in [6.07, 6.45) is 3.66. The average molecular weight is 488 g/mol. The molecule has 3 aromatic heterocycles. The second-order valence-corrected chi connectivity index (χ2v) is 10.8. The Kier molecular flexibility index (Phi) is 7.51. The normalized spacial score (nSPS) is 12.3. The molecule has 0 aliphatic carbocycles. The summed E-state index contributed by atoms with van der Waals surface area (Å²) in [5.74, 6) is 1.38. The third-order valence-corrected chi connectivity index (χ3v) is 8.72. The van der Waals surface area contributed by atoms with Gasteiger partial charge in [0, 0.05) is 29.8 Å². The van der Waals surface area contributed by atoms with Gasteiger partial charge in [-0.05, 0) is 35.7 Å². The first-order valence-electron chi connectivity index (χ1n) is 10.4. The number of aromatic nitrogens is 2. The topological polar surface area (TPSA) is 87.3 Å². The van der Waals surface area contributed by atoms with E-state index in [-0.39, 0.29) is 0 Å². The van der Waals surface area contributed by atoms with Crippen molar-refractivity contribution in [1.82, 2.24) is 9.97 Å². The van der Waals surface area contributed by atoms with Crippen LogP contribution in [0.25, 0.3) is 32.0 Å². The highest BCUT2D eigenvalue weighted by Gasteiger charge is 2.21. The van der Waals surface area contributed by atoms with E-state index in [1.54, 1.807) is 13.3 Å². The molecule has 0 amide bonds. The molecule has 0 aliphatic rings. The Balaban J connectivity index is 1.80. The van der Waals surface area contributed by atoms with Crippen LogP contribution in [-0.2, 0) is 15.5 Å². The van der Waals surface area contributed by atoms with Gasteiger partial charge in [0.15, 0.2) is 0 Å². The Labute approximate surface area is 197 Å². The summed E-state index contributed by atoms with van der Waals surface area (Å²) in [6, 6.07) is 9.90. The van der Waals surface area contributed by atoms with Crippen LogP contribution in [0.4, 0.5) is 5.69 Å². The predicted octanol–water partition coefficient (Wildman–Crippen LogP) is 5.60. The molecule has 0 spiro atoms. The summed E-state index contributed by atoms with van der Waals surface area (Å²) in [5, 5.41) is 3.62. The molecule has 2 N–H and O–H groups in total. The number of pyridine rings is 1. The number of anilines is 1. The van der Waals surface area contributed by atoms with Gasteiger partial charge in [-0.15, -0.1) is 22.7 Å². The zero-order valence-electron chi connectivity index (χ0n) is 18.0. The quantitative estimate of drug-likeness (QED) is 0.293. The lowest BCUT2D eigenvalue weighted by molar-refractivity contribution is 0.146.